The molecule has 2 rings (SSSR count). The number of rotatable bonds is 8. The fraction of sp³-hybridized carbons (Fsp3) is 0.611. The number of benzene rings is 1. The van der Waals surface area contributed by atoms with Crippen LogP contribution in [-0.4, -0.2) is 57.7 Å². The van der Waals surface area contributed by atoms with Gasteiger partial charge in [0.15, 0.2) is 0 Å². The molecule has 1 aromatic rings. The van der Waals surface area contributed by atoms with Gasteiger partial charge in [0.05, 0.1) is 11.9 Å². The maximum atomic E-state index is 13.1. The van der Waals surface area contributed by atoms with E-state index in [0.29, 0.717) is 6.54 Å². The topological polar surface area (TPSA) is 69.7 Å². The number of piperidine rings is 1. The number of carbonyl (C=O) groups is 1. The van der Waals surface area contributed by atoms with Crippen molar-refractivity contribution in [3.05, 3.63) is 30.1 Å². The molecule has 1 atom stereocenters. The minimum atomic E-state index is -3.68. The second kappa shape index (κ2) is 9.32. The van der Waals surface area contributed by atoms with Crippen LogP contribution in [0.2, 0.25) is 0 Å². The average molecular weight is 386 g/mol. The van der Waals surface area contributed by atoms with Crippen LogP contribution in [0.25, 0.3) is 0 Å². The van der Waals surface area contributed by atoms with E-state index in [1.807, 2.05) is 0 Å². The van der Waals surface area contributed by atoms with E-state index in [1.54, 1.807) is 0 Å². The number of likely N-dealkylation sites (tertiary alicyclic amines) is 1. The van der Waals surface area contributed by atoms with E-state index in [-0.39, 0.29) is 11.6 Å². The molecule has 0 aliphatic carbocycles. The van der Waals surface area contributed by atoms with E-state index in [2.05, 4.69) is 10.2 Å². The molecule has 26 heavy (non-hydrogen) atoms. The van der Waals surface area contributed by atoms with Crippen LogP contribution in [0.1, 0.15) is 32.6 Å². The second-order valence-corrected chi connectivity index (χ2v) is 8.62. The third-order valence-corrected chi connectivity index (χ3v) is 5.81. The van der Waals surface area contributed by atoms with Gasteiger partial charge in [0.1, 0.15) is 11.9 Å². The monoisotopic (exact) mass is 385 g/mol. The Labute approximate surface area is 155 Å². The summed E-state index contributed by atoms with van der Waals surface area (Å²) < 4.78 is 38.4. The van der Waals surface area contributed by atoms with Gasteiger partial charge in [0.2, 0.25) is 15.9 Å². The lowest BCUT2D eigenvalue weighted by molar-refractivity contribution is -0.121. The fourth-order valence-electron chi connectivity index (χ4n) is 3.24. The van der Waals surface area contributed by atoms with E-state index in [0.717, 1.165) is 36.6 Å². The molecule has 8 heteroatoms. The molecule has 1 heterocycles. The Morgan fingerprint density at radius 1 is 1.23 bits per heavy atom. The summed E-state index contributed by atoms with van der Waals surface area (Å²) in [5.74, 6) is -0.824. The molecule has 0 bridgehead atoms. The number of carbonyl (C=O) groups excluding carboxylic acids is 1. The molecule has 146 valence electrons. The molecule has 0 spiro atoms. The van der Waals surface area contributed by atoms with Crippen molar-refractivity contribution in [1.29, 1.82) is 0 Å². The molecule has 0 radical (unpaired) electrons. The zero-order valence-electron chi connectivity index (χ0n) is 15.4. The molecule has 1 aliphatic heterocycles. The molecule has 1 aliphatic rings. The number of amides is 1. The van der Waals surface area contributed by atoms with Gasteiger partial charge in [-0.25, -0.2) is 12.8 Å². The zero-order valence-corrected chi connectivity index (χ0v) is 16.3. The van der Waals surface area contributed by atoms with Gasteiger partial charge >= 0.3 is 0 Å². The van der Waals surface area contributed by atoms with E-state index in [4.69, 9.17) is 0 Å². The molecule has 1 fully saturated rings. The average Bonchev–Trinajstić information content (AvgIpc) is 2.60. The van der Waals surface area contributed by atoms with Crippen molar-refractivity contribution in [2.45, 2.75) is 38.6 Å². The van der Waals surface area contributed by atoms with Gasteiger partial charge < -0.3 is 10.2 Å². The number of nitrogens with one attached hydrogen (secondary N) is 1. The number of hydrogen-bond donors (Lipinski definition) is 1. The molecule has 1 N–H and O–H groups in total. The lowest BCUT2D eigenvalue weighted by atomic mass is 10.1. The van der Waals surface area contributed by atoms with E-state index in [1.165, 1.54) is 50.5 Å². The first-order valence-electron chi connectivity index (χ1n) is 9.04. The lowest BCUT2D eigenvalue weighted by Gasteiger charge is -2.28. The smallest absolute Gasteiger partial charge is 0.243 e. The summed E-state index contributed by atoms with van der Waals surface area (Å²) in [6.07, 6.45) is 5.61. The van der Waals surface area contributed by atoms with E-state index in [9.17, 15) is 17.6 Å². The van der Waals surface area contributed by atoms with Crippen LogP contribution in [0.15, 0.2) is 24.3 Å². The SMILES string of the molecule is C[C@H](C(=O)NCCCN1CCCCC1)N(c1ccc(F)cc1)S(C)(=O)=O. The van der Waals surface area contributed by atoms with Gasteiger partial charge in [0.25, 0.3) is 0 Å². The predicted octanol–water partition coefficient (Wildman–Crippen LogP) is 1.97. The maximum absolute atomic E-state index is 13.1. The highest BCUT2D eigenvalue weighted by molar-refractivity contribution is 7.92. The minimum Gasteiger partial charge on any atom is -0.354 e. The van der Waals surface area contributed by atoms with Crippen LogP contribution in [0.5, 0.6) is 0 Å². The summed E-state index contributed by atoms with van der Waals surface area (Å²) in [6, 6.07) is 4.16. The molecule has 1 amide bonds. The quantitative estimate of drug-likeness (QED) is 0.695. The molecular weight excluding hydrogens is 357 g/mol. The Kier molecular flexibility index (Phi) is 7.40. The Hall–Kier alpha value is -1.67. The number of hydrogen-bond acceptors (Lipinski definition) is 4. The predicted molar refractivity (Wildman–Crippen MR) is 101 cm³/mol. The van der Waals surface area contributed by atoms with Gasteiger partial charge in [-0.2, -0.15) is 0 Å². The Morgan fingerprint density at radius 3 is 2.42 bits per heavy atom. The van der Waals surface area contributed by atoms with Crippen LogP contribution >= 0.6 is 0 Å². The molecule has 6 nitrogen and oxygen atoms in total. The number of anilines is 1. The van der Waals surface area contributed by atoms with Crippen molar-refractivity contribution in [3.63, 3.8) is 0 Å². The number of halogens is 1. The molecule has 0 unspecified atom stereocenters. The standard InChI is InChI=1S/C18H28FN3O3S/c1-15(18(23)20-11-6-14-21-12-4-3-5-13-21)22(26(2,24)25)17-9-7-16(19)8-10-17/h7-10,15H,3-6,11-14H2,1-2H3,(H,20,23)/t15-/m1/s1. The Morgan fingerprint density at radius 2 is 1.85 bits per heavy atom. The second-order valence-electron chi connectivity index (χ2n) is 6.76. The minimum absolute atomic E-state index is 0.268. The van der Waals surface area contributed by atoms with Gasteiger partial charge in [-0.1, -0.05) is 6.42 Å². The summed E-state index contributed by atoms with van der Waals surface area (Å²) in [7, 11) is -3.68. The normalized spacial score (nSPS) is 16.9. The van der Waals surface area contributed by atoms with Crippen LogP contribution in [0, 0.1) is 5.82 Å². The van der Waals surface area contributed by atoms with Gasteiger partial charge in [0, 0.05) is 6.54 Å². The summed E-state index contributed by atoms with van der Waals surface area (Å²) in [4.78, 5) is 14.8. The van der Waals surface area contributed by atoms with Crippen molar-refractivity contribution in [1.82, 2.24) is 10.2 Å². The van der Waals surface area contributed by atoms with Crippen LogP contribution in [0.3, 0.4) is 0 Å². The van der Waals surface area contributed by atoms with Gasteiger partial charge in [-0.15, -0.1) is 0 Å². The third-order valence-electron chi connectivity index (χ3n) is 4.57. The lowest BCUT2D eigenvalue weighted by Crippen LogP contribution is -2.48. The number of nitrogens with zero attached hydrogens (tertiary/aromatic N) is 2. The maximum Gasteiger partial charge on any atom is 0.243 e. The fourth-order valence-corrected chi connectivity index (χ4v) is 4.42. The van der Waals surface area contributed by atoms with Gasteiger partial charge in [-0.3, -0.25) is 9.10 Å². The van der Waals surface area contributed by atoms with Crippen LogP contribution in [-0.2, 0) is 14.8 Å². The highest BCUT2D eigenvalue weighted by atomic mass is 32.2. The molecule has 0 aromatic heterocycles. The highest BCUT2D eigenvalue weighted by Crippen LogP contribution is 2.21. The first-order chi connectivity index (χ1) is 12.3. The molecule has 1 aromatic carbocycles. The van der Waals surface area contributed by atoms with E-state index >= 15 is 0 Å². The van der Waals surface area contributed by atoms with Crippen molar-refractivity contribution >= 4 is 21.6 Å². The van der Waals surface area contributed by atoms with E-state index < -0.39 is 21.9 Å². The first-order valence-corrected chi connectivity index (χ1v) is 10.9. The van der Waals surface area contributed by atoms with Crippen molar-refractivity contribution in [2.24, 2.45) is 0 Å². The Balaban J connectivity index is 1.91. The summed E-state index contributed by atoms with van der Waals surface area (Å²) >= 11 is 0. The summed E-state index contributed by atoms with van der Waals surface area (Å²) in [5, 5.41) is 2.81. The number of sulfonamides is 1. The largest absolute Gasteiger partial charge is 0.354 e. The summed E-state index contributed by atoms with van der Waals surface area (Å²) in [6.45, 7) is 5.18. The zero-order chi connectivity index (χ0) is 19.2. The highest BCUT2D eigenvalue weighted by Gasteiger charge is 2.28. The van der Waals surface area contributed by atoms with Crippen molar-refractivity contribution in [3.8, 4) is 0 Å². The van der Waals surface area contributed by atoms with Gasteiger partial charge in [-0.05, 0) is 70.1 Å². The third kappa shape index (κ3) is 5.95. The Bertz CT molecular complexity index is 688. The molecule has 1 saturated heterocycles. The molecule has 0 saturated carbocycles. The summed E-state index contributed by atoms with van der Waals surface area (Å²) in [5.41, 5.74) is 0.268. The van der Waals surface area contributed by atoms with Crippen LogP contribution in [0.4, 0.5) is 10.1 Å². The molecular formula is C18H28FN3O3S. The van der Waals surface area contributed by atoms with Crippen LogP contribution < -0.4 is 9.62 Å². The first kappa shape index (κ1) is 20.6. The van der Waals surface area contributed by atoms with Crippen molar-refractivity contribution in [2.75, 3.05) is 36.7 Å². The van der Waals surface area contributed by atoms with Crippen molar-refractivity contribution < 1.29 is 17.6 Å².